The van der Waals surface area contributed by atoms with Crippen molar-refractivity contribution in [2.75, 3.05) is 26.7 Å². The van der Waals surface area contributed by atoms with Crippen LogP contribution in [0, 0.1) is 11.7 Å². The van der Waals surface area contributed by atoms with E-state index in [1.807, 2.05) is 0 Å². The summed E-state index contributed by atoms with van der Waals surface area (Å²) in [5.41, 5.74) is 0.300. The molecule has 28 heavy (non-hydrogen) atoms. The molecule has 9 heteroatoms. The first-order chi connectivity index (χ1) is 13.4. The van der Waals surface area contributed by atoms with E-state index in [0.29, 0.717) is 19.4 Å². The number of likely N-dealkylation sites (N-methyl/N-ethyl adjacent to an activating group) is 1. The fraction of sp³-hybridized carbons (Fsp3) is 0.368. The van der Waals surface area contributed by atoms with E-state index in [2.05, 4.69) is 5.10 Å². The van der Waals surface area contributed by atoms with Crippen LogP contribution in [0.2, 0.25) is 0 Å². The maximum atomic E-state index is 13.9. The van der Waals surface area contributed by atoms with Crippen molar-refractivity contribution >= 4 is 17.8 Å². The molecule has 1 aliphatic rings. The first-order valence-corrected chi connectivity index (χ1v) is 8.93. The van der Waals surface area contributed by atoms with Crippen LogP contribution >= 0.6 is 0 Å². The maximum absolute atomic E-state index is 13.9. The average molecular weight is 388 g/mol. The van der Waals surface area contributed by atoms with Gasteiger partial charge in [0.1, 0.15) is 11.5 Å². The molecule has 0 aliphatic carbocycles. The van der Waals surface area contributed by atoms with Crippen molar-refractivity contribution in [3.8, 4) is 5.69 Å². The number of carbonyl (C=O) groups is 3. The summed E-state index contributed by atoms with van der Waals surface area (Å²) in [7, 11) is 1.47. The lowest BCUT2D eigenvalue weighted by Gasteiger charge is -2.31. The number of piperidine rings is 1. The van der Waals surface area contributed by atoms with Crippen LogP contribution in [0.4, 0.5) is 4.39 Å². The molecule has 0 bridgehead atoms. The SMILES string of the molecule is CN(CC(=O)N1CCCC(C(=O)O)C1)C(=O)c1ccn(-c2ccccc2F)n1. The summed E-state index contributed by atoms with van der Waals surface area (Å²) in [5, 5.41) is 13.2. The fourth-order valence-corrected chi connectivity index (χ4v) is 3.19. The number of carboxylic acid groups (broad SMARTS) is 1. The lowest BCUT2D eigenvalue weighted by molar-refractivity contribution is -0.145. The Morgan fingerprint density at radius 3 is 2.75 bits per heavy atom. The standard InChI is InChI=1S/C19H21FN4O4/c1-22(12-17(25)23-9-4-5-13(11-23)19(27)28)18(26)15-8-10-24(21-15)16-7-3-2-6-14(16)20/h2-3,6-8,10,13H,4-5,9,11-12H2,1H3,(H,27,28). The minimum atomic E-state index is -0.916. The van der Waals surface area contributed by atoms with Crippen molar-refractivity contribution < 1.29 is 23.9 Å². The number of aromatic nitrogens is 2. The summed E-state index contributed by atoms with van der Waals surface area (Å²) in [4.78, 5) is 38.8. The molecule has 2 aromatic rings. The van der Waals surface area contributed by atoms with Gasteiger partial charge < -0.3 is 14.9 Å². The van der Waals surface area contributed by atoms with Gasteiger partial charge in [0, 0.05) is 26.3 Å². The third-order valence-electron chi connectivity index (χ3n) is 4.75. The molecule has 0 radical (unpaired) electrons. The average Bonchev–Trinajstić information content (AvgIpc) is 3.17. The second-order valence-corrected chi connectivity index (χ2v) is 6.78. The van der Waals surface area contributed by atoms with Crippen LogP contribution < -0.4 is 0 Å². The van der Waals surface area contributed by atoms with E-state index in [-0.39, 0.29) is 30.4 Å². The van der Waals surface area contributed by atoms with E-state index in [0.717, 1.165) is 0 Å². The van der Waals surface area contributed by atoms with Gasteiger partial charge in [-0.25, -0.2) is 9.07 Å². The summed E-state index contributed by atoms with van der Waals surface area (Å²) in [6.45, 7) is 0.447. The Bertz CT molecular complexity index is 898. The van der Waals surface area contributed by atoms with Crippen molar-refractivity contribution in [1.29, 1.82) is 0 Å². The number of amides is 2. The highest BCUT2D eigenvalue weighted by Crippen LogP contribution is 2.17. The number of likely N-dealkylation sites (tertiary alicyclic amines) is 1. The highest BCUT2D eigenvalue weighted by Gasteiger charge is 2.29. The van der Waals surface area contributed by atoms with Crippen LogP contribution in [0.1, 0.15) is 23.3 Å². The number of carboxylic acids is 1. The maximum Gasteiger partial charge on any atom is 0.308 e. The van der Waals surface area contributed by atoms with Gasteiger partial charge in [0.25, 0.3) is 5.91 Å². The largest absolute Gasteiger partial charge is 0.481 e. The van der Waals surface area contributed by atoms with Crippen molar-refractivity contribution in [2.24, 2.45) is 5.92 Å². The zero-order valence-corrected chi connectivity index (χ0v) is 15.4. The summed E-state index contributed by atoms with van der Waals surface area (Å²) in [5.74, 6) is -2.74. The number of para-hydroxylation sites is 1. The van der Waals surface area contributed by atoms with Crippen molar-refractivity contribution in [3.63, 3.8) is 0 Å². The molecular weight excluding hydrogens is 367 g/mol. The molecule has 2 heterocycles. The van der Waals surface area contributed by atoms with E-state index in [4.69, 9.17) is 5.11 Å². The number of nitrogens with zero attached hydrogens (tertiary/aromatic N) is 4. The summed E-state index contributed by atoms with van der Waals surface area (Å²) >= 11 is 0. The number of rotatable bonds is 5. The number of hydrogen-bond donors (Lipinski definition) is 1. The summed E-state index contributed by atoms with van der Waals surface area (Å²) in [6.07, 6.45) is 2.64. The van der Waals surface area contributed by atoms with Gasteiger partial charge in [0.05, 0.1) is 12.5 Å². The highest BCUT2D eigenvalue weighted by atomic mass is 19.1. The second-order valence-electron chi connectivity index (χ2n) is 6.78. The van der Waals surface area contributed by atoms with Gasteiger partial charge in [-0.3, -0.25) is 14.4 Å². The molecule has 3 rings (SSSR count). The van der Waals surface area contributed by atoms with Gasteiger partial charge in [0.2, 0.25) is 5.91 Å². The van der Waals surface area contributed by atoms with Crippen LogP contribution in [0.25, 0.3) is 5.69 Å². The van der Waals surface area contributed by atoms with Gasteiger partial charge in [-0.2, -0.15) is 5.10 Å². The molecular formula is C19H21FN4O4. The van der Waals surface area contributed by atoms with Crippen molar-refractivity contribution in [1.82, 2.24) is 19.6 Å². The Kier molecular flexibility index (Phi) is 5.72. The fourth-order valence-electron chi connectivity index (χ4n) is 3.19. The Labute approximate surface area is 161 Å². The molecule has 1 fully saturated rings. The Hall–Kier alpha value is -3.23. The van der Waals surface area contributed by atoms with E-state index in [9.17, 15) is 18.8 Å². The third-order valence-corrected chi connectivity index (χ3v) is 4.75. The number of aliphatic carboxylic acids is 1. The Morgan fingerprint density at radius 2 is 2.04 bits per heavy atom. The van der Waals surface area contributed by atoms with Gasteiger partial charge in [-0.05, 0) is 31.0 Å². The molecule has 2 amide bonds. The molecule has 1 unspecified atom stereocenters. The molecule has 1 saturated heterocycles. The lowest BCUT2D eigenvalue weighted by atomic mass is 9.98. The Morgan fingerprint density at radius 1 is 1.29 bits per heavy atom. The van der Waals surface area contributed by atoms with E-state index >= 15 is 0 Å². The smallest absolute Gasteiger partial charge is 0.308 e. The number of carbonyl (C=O) groups excluding carboxylic acids is 2. The third kappa shape index (κ3) is 4.19. The number of hydrogen-bond acceptors (Lipinski definition) is 4. The normalized spacial score (nSPS) is 16.6. The minimum absolute atomic E-state index is 0.0839. The van der Waals surface area contributed by atoms with Gasteiger partial charge >= 0.3 is 5.97 Å². The highest BCUT2D eigenvalue weighted by molar-refractivity contribution is 5.94. The molecule has 1 aromatic heterocycles. The first-order valence-electron chi connectivity index (χ1n) is 8.93. The molecule has 1 aliphatic heterocycles. The number of halogens is 1. The van der Waals surface area contributed by atoms with Gasteiger partial charge in [-0.15, -0.1) is 0 Å². The zero-order valence-electron chi connectivity index (χ0n) is 15.4. The molecule has 0 spiro atoms. The molecule has 8 nitrogen and oxygen atoms in total. The molecule has 1 aromatic carbocycles. The van der Waals surface area contributed by atoms with Crippen molar-refractivity contribution in [2.45, 2.75) is 12.8 Å². The Balaban J connectivity index is 1.64. The van der Waals surface area contributed by atoms with E-state index in [1.165, 1.54) is 39.9 Å². The quantitative estimate of drug-likeness (QED) is 0.836. The van der Waals surface area contributed by atoms with Gasteiger partial charge in [-0.1, -0.05) is 12.1 Å². The molecule has 1 N–H and O–H groups in total. The minimum Gasteiger partial charge on any atom is -0.481 e. The topological polar surface area (TPSA) is 95.7 Å². The van der Waals surface area contributed by atoms with Crippen LogP contribution in [-0.2, 0) is 9.59 Å². The predicted octanol–water partition coefficient (Wildman–Crippen LogP) is 1.41. The van der Waals surface area contributed by atoms with E-state index in [1.54, 1.807) is 18.2 Å². The molecule has 1 atom stereocenters. The number of benzene rings is 1. The first kappa shape index (κ1) is 19.5. The van der Waals surface area contributed by atoms with Crippen LogP contribution in [0.3, 0.4) is 0 Å². The summed E-state index contributed by atoms with van der Waals surface area (Å²) in [6, 6.07) is 7.52. The zero-order chi connectivity index (χ0) is 20.3. The molecule has 148 valence electrons. The van der Waals surface area contributed by atoms with Gasteiger partial charge in [0.15, 0.2) is 5.69 Å². The summed E-state index contributed by atoms with van der Waals surface area (Å²) < 4.78 is 15.1. The monoisotopic (exact) mass is 388 g/mol. The van der Waals surface area contributed by atoms with Crippen molar-refractivity contribution in [3.05, 3.63) is 48.0 Å². The van der Waals surface area contributed by atoms with Crippen LogP contribution in [0.15, 0.2) is 36.5 Å². The van der Waals surface area contributed by atoms with Crippen LogP contribution in [-0.4, -0.2) is 69.2 Å². The predicted molar refractivity (Wildman–Crippen MR) is 97.4 cm³/mol. The molecule has 0 saturated carbocycles. The van der Waals surface area contributed by atoms with E-state index < -0.39 is 23.6 Å². The van der Waals surface area contributed by atoms with Crippen LogP contribution in [0.5, 0.6) is 0 Å². The lowest BCUT2D eigenvalue weighted by Crippen LogP contribution is -2.47. The second kappa shape index (κ2) is 8.20.